The number of aromatic nitrogens is 1. The van der Waals surface area contributed by atoms with Gasteiger partial charge in [0, 0.05) is 32.0 Å². The first-order valence-corrected chi connectivity index (χ1v) is 7.76. The summed E-state index contributed by atoms with van der Waals surface area (Å²) in [7, 11) is 1.76. The lowest BCUT2D eigenvalue weighted by molar-refractivity contribution is 0.0720. The van der Waals surface area contributed by atoms with E-state index in [4.69, 9.17) is 9.15 Å². The lowest BCUT2D eigenvalue weighted by Gasteiger charge is -2.29. The molecule has 1 atom stereocenters. The fraction of sp³-hybridized carbons (Fsp3) is 0.412. The predicted molar refractivity (Wildman–Crippen MR) is 86.5 cm³/mol. The van der Waals surface area contributed by atoms with Crippen molar-refractivity contribution < 1.29 is 13.9 Å². The highest BCUT2D eigenvalue weighted by Crippen LogP contribution is 2.22. The molecule has 0 bridgehead atoms. The van der Waals surface area contributed by atoms with Crippen LogP contribution in [0.4, 0.5) is 5.69 Å². The first kappa shape index (κ1) is 15.6. The minimum absolute atomic E-state index is 0.121. The van der Waals surface area contributed by atoms with E-state index in [0.717, 1.165) is 24.5 Å². The van der Waals surface area contributed by atoms with Gasteiger partial charge in [-0.1, -0.05) is 0 Å². The molecule has 122 valence electrons. The standard InChI is InChI=1S/C17H21N3O3/c1-13(16-4-3-9-23-16)19(2)17(21)15-12-14(5-6-18-15)20-7-10-22-11-8-20/h3-6,9,12-13H,7-8,10-11H2,1-2H3/t13-/m1/s1. The van der Waals surface area contributed by atoms with E-state index in [1.165, 1.54) is 0 Å². The molecule has 1 saturated heterocycles. The average molecular weight is 315 g/mol. The van der Waals surface area contributed by atoms with Gasteiger partial charge in [0.1, 0.15) is 11.5 Å². The van der Waals surface area contributed by atoms with Crippen molar-refractivity contribution in [2.45, 2.75) is 13.0 Å². The van der Waals surface area contributed by atoms with E-state index < -0.39 is 0 Å². The average Bonchev–Trinajstić information content (AvgIpc) is 3.15. The van der Waals surface area contributed by atoms with Crippen molar-refractivity contribution in [3.05, 3.63) is 48.2 Å². The number of rotatable bonds is 4. The zero-order valence-corrected chi connectivity index (χ0v) is 13.4. The molecule has 1 aliphatic heterocycles. The molecule has 0 aliphatic carbocycles. The molecule has 6 nitrogen and oxygen atoms in total. The van der Waals surface area contributed by atoms with Gasteiger partial charge in [0.25, 0.3) is 5.91 Å². The molecule has 1 amide bonds. The third kappa shape index (κ3) is 3.37. The van der Waals surface area contributed by atoms with Crippen LogP contribution in [-0.2, 0) is 4.74 Å². The van der Waals surface area contributed by atoms with Crippen LogP contribution < -0.4 is 4.90 Å². The second kappa shape index (κ2) is 6.83. The SMILES string of the molecule is C[C@H](c1ccco1)N(C)C(=O)c1cc(N2CCOCC2)ccn1. The minimum atomic E-state index is -0.147. The second-order valence-electron chi connectivity index (χ2n) is 5.61. The maximum absolute atomic E-state index is 12.7. The molecular formula is C17H21N3O3. The van der Waals surface area contributed by atoms with E-state index >= 15 is 0 Å². The Bertz CT molecular complexity index is 651. The van der Waals surface area contributed by atoms with Crippen LogP contribution in [0.5, 0.6) is 0 Å². The number of hydrogen-bond acceptors (Lipinski definition) is 5. The van der Waals surface area contributed by atoms with E-state index in [1.807, 2.05) is 31.2 Å². The van der Waals surface area contributed by atoms with Crippen molar-refractivity contribution >= 4 is 11.6 Å². The molecule has 0 radical (unpaired) electrons. The predicted octanol–water partition coefficient (Wildman–Crippen LogP) is 2.34. The number of carbonyl (C=O) groups excluding carboxylic acids is 1. The molecular weight excluding hydrogens is 294 g/mol. The highest BCUT2D eigenvalue weighted by atomic mass is 16.5. The lowest BCUT2D eigenvalue weighted by Crippen LogP contribution is -2.36. The highest BCUT2D eigenvalue weighted by Gasteiger charge is 2.22. The molecule has 23 heavy (non-hydrogen) atoms. The number of anilines is 1. The third-order valence-electron chi connectivity index (χ3n) is 4.20. The summed E-state index contributed by atoms with van der Waals surface area (Å²) in [5, 5.41) is 0. The number of hydrogen-bond donors (Lipinski definition) is 0. The largest absolute Gasteiger partial charge is 0.467 e. The number of pyridine rings is 1. The zero-order valence-electron chi connectivity index (χ0n) is 13.4. The van der Waals surface area contributed by atoms with Crippen LogP contribution in [-0.4, -0.2) is 49.1 Å². The summed E-state index contributed by atoms with van der Waals surface area (Å²) in [6.07, 6.45) is 3.30. The number of carbonyl (C=O) groups is 1. The molecule has 0 saturated carbocycles. The van der Waals surface area contributed by atoms with Gasteiger partial charge in [-0.25, -0.2) is 0 Å². The van der Waals surface area contributed by atoms with Gasteiger partial charge < -0.3 is 19.0 Å². The molecule has 1 aliphatic rings. The smallest absolute Gasteiger partial charge is 0.272 e. The van der Waals surface area contributed by atoms with Crippen molar-refractivity contribution in [3.8, 4) is 0 Å². The summed E-state index contributed by atoms with van der Waals surface area (Å²) in [6, 6.07) is 7.32. The number of furan rings is 1. The molecule has 1 fully saturated rings. The molecule has 2 aromatic heterocycles. The Morgan fingerprint density at radius 3 is 2.83 bits per heavy atom. The van der Waals surface area contributed by atoms with Gasteiger partial charge in [0.05, 0.1) is 25.5 Å². The number of ether oxygens (including phenoxy) is 1. The first-order chi connectivity index (χ1) is 11.2. The Morgan fingerprint density at radius 1 is 1.35 bits per heavy atom. The summed E-state index contributed by atoms with van der Waals surface area (Å²) >= 11 is 0. The number of nitrogens with zero attached hydrogens (tertiary/aromatic N) is 3. The summed E-state index contributed by atoms with van der Waals surface area (Å²) < 4.78 is 10.8. The molecule has 3 rings (SSSR count). The van der Waals surface area contributed by atoms with E-state index in [9.17, 15) is 4.79 Å². The summed E-state index contributed by atoms with van der Waals surface area (Å²) in [6.45, 7) is 5.01. The summed E-state index contributed by atoms with van der Waals surface area (Å²) in [4.78, 5) is 20.8. The van der Waals surface area contributed by atoms with E-state index in [1.54, 1.807) is 24.4 Å². The maximum Gasteiger partial charge on any atom is 0.272 e. The van der Waals surface area contributed by atoms with Crippen molar-refractivity contribution in [1.82, 2.24) is 9.88 Å². The normalized spacial score (nSPS) is 16.2. The van der Waals surface area contributed by atoms with Crippen molar-refractivity contribution in [2.24, 2.45) is 0 Å². The molecule has 2 aromatic rings. The van der Waals surface area contributed by atoms with Gasteiger partial charge in [-0.15, -0.1) is 0 Å². The van der Waals surface area contributed by atoms with Crippen LogP contribution >= 0.6 is 0 Å². The number of morpholine rings is 1. The molecule has 0 spiro atoms. The topological polar surface area (TPSA) is 58.8 Å². The van der Waals surface area contributed by atoms with Crippen LogP contribution in [0, 0.1) is 0 Å². The van der Waals surface area contributed by atoms with E-state index in [2.05, 4.69) is 9.88 Å². The van der Waals surface area contributed by atoms with Gasteiger partial charge in [-0.3, -0.25) is 9.78 Å². The van der Waals surface area contributed by atoms with Gasteiger partial charge in [0.15, 0.2) is 0 Å². The van der Waals surface area contributed by atoms with Crippen LogP contribution in [0.1, 0.15) is 29.2 Å². The van der Waals surface area contributed by atoms with Gasteiger partial charge in [0.2, 0.25) is 0 Å². The van der Waals surface area contributed by atoms with Crippen LogP contribution in [0.2, 0.25) is 0 Å². The fourth-order valence-corrected chi connectivity index (χ4v) is 2.63. The third-order valence-corrected chi connectivity index (χ3v) is 4.20. The van der Waals surface area contributed by atoms with Crippen LogP contribution in [0.3, 0.4) is 0 Å². The van der Waals surface area contributed by atoms with Crippen molar-refractivity contribution in [3.63, 3.8) is 0 Å². The number of amides is 1. The van der Waals surface area contributed by atoms with Gasteiger partial charge >= 0.3 is 0 Å². The first-order valence-electron chi connectivity index (χ1n) is 7.76. The quantitative estimate of drug-likeness (QED) is 0.867. The Kier molecular flexibility index (Phi) is 4.62. The minimum Gasteiger partial charge on any atom is -0.467 e. The van der Waals surface area contributed by atoms with Crippen LogP contribution in [0.25, 0.3) is 0 Å². The molecule has 0 unspecified atom stereocenters. The van der Waals surface area contributed by atoms with Crippen molar-refractivity contribution in [2.75, 3.05) is 38.3 Å². The molecule has 0 N–H and O–H groups in total. The zero-order chi connectivity index (χ0) is 16.2. The Labute approximate surface area is 135 Å². The molecule has 0 aromatic carbocycles. The molecule has 3 heterocycles. The Hall–Kier alpha value is -2.34. The fourth-order valence-electron chi connectivity index (χ4n) is 2.63. The Balaban J connectivity index is 1.76. The summed E-state index contributed by atoms with van der Waals surface area (Å²) in [5.74, 6) is 0.634. The van der Waals surface area contributed by atoms with E-state index in [-0.39, 0.29) is 11.9 Å². The highest BCUT2D eigenvalue weighted by molar-refractivity contribution is 5.93. The monoisotopic (exact) mass is 315 g/mol. The van der Waals surface area contributed by atoms with Gasteiger partial charge in [-0.2, -0.15) is 0 Å². The summed E-state index contributed by atoms with van der Waals surface area (Å²) in [5.41, 5.74) is 1.44. The van der Waals surface area contributed by atoms with Crippen molar-refractivity contribution in [1.29, 1.82) is 0 Å². The maximum atomic E-state index is 12.7. The lowest BCUT2D eigenvalue weighted by atomic mass is 10.2. The van der Waals surface area contributed by atoms with E-state index in [0.29, 0.717) is 18.9 Å². The Morgan fingerprint density at radius 2 is 2.13 bits per heavy atom. The van der Waals surface area contributed by atoms with Crippen LogP contribution in [0.15, 0.2) is 41.1 Å². The molecule has 6 heteroatoms. The second-order valence-corrected chi connectivity index (χ2v) is 5.61. The van der Waals surface area contributed by atoms with Gasteiger partial charge in [-0.05, 0) is 31.2 Å².